The third kappa shape index (κ3) is 5.39. The zero-order valence-electron chi connectivity index (χ0n) is 21.4. The summed E-state index contributed by atoms with van der Waals surface area (Å²) < 4.78 is 6.52. The van der Waals surface area contributed by atoms with E-state index in [0.717, 1.165) is 74.8 Å². The van der Waals surface area contributed by atoms with Gasteiger partial charge in [0.05, 0.1) is 0 Å². The first kappa shape index (κ1) is 24.7. The Bertz CT molecular complexity index is 1180. The molecule has 5 rings (SSSR count). The lowest BCUT2D eigenvalue weighted by molar-refractivity contribution is -0.137. The van der Waals surface area contributed by atoms with Crippen molar-refractivity contribution >= 4 is 22.7 Å². The van der Waals surface area contributed by atoms with Crippen LogP contribution in [0.3, 0.4) is 0 Å². The van der Waals surface area contributed by atoms with E-state index in [1.807, 2.05) is 24.4 Å². The minimum Gasteiger partial charge on any atom is -0.488 e. The van der Waals surface area contributed by atoms with Gasteiger partial charge in [0, 0.05) is 42.4 Å². The number of unbranched alkanes of at least 4 members (excludes halogenated alkanes) is 2. The van der Waals surface area contributed by atoms with E-state index >= 15 is 0 Å². The number of fused-ring (bicyclic) bond motifs is 1. The number of aryl methyl sites for hydroxylation is 1. The van der Waals surface area contributed by atoms with Crippen LogP contribution in [0.5, 0.6) is 5.75 Å². The van der Waals surface area contributed by atoms with Gasteiger partial charge in [-0.05, 0) is 81.7 Å². The Morgan fingerprint density at radius 1 is 1.06 bits per heavy atom. The molecule has 0 atom stereocenters. The fourth-order valence-electron chi connectivity index (χ4n) is 5.56. The molecule has 1 aromatic heterocycles. The first-order chi connectivity index (χ1) is 17.6. The zero-order valence-corrected chi connectivity index (χ0v) is 21.4. The number of hydrogen-bond donors (Lipinski definition) is 0. The Hall–Kier alpha value is -2.99. The lowest BCUT2D eigenvalue weighted by Crippen LogP contribution is -2.39. The van der Waals surface area contributed by atoms with Gasteiger partial charge in [-0.25, -0.2) is 0 Å². The number of nitrogens with zero attached hydrogens (tertiary/aromatic N) is 3. The number of likely N-dealkylation sites (tertiary alicyclic amines) is 1. The Labute approximate surface area is 214 Å². The van der Waals surface area contributed by atoms with Gasteiger partial charge in [0.2, 0.25) is 0 Å². The summed E-state index contributed by atoms with van der Waals surface area (Å²) in [7, 11) is 0. The number of carbonyl (C=O) groups is 2. The van der Waals surface area contributed by atoms with Gasteiger partial charge in [-0.15, -0.1) is 0 Å². The minimum atomic E-state index is -0.107. The Kier molecular flexibility index (Phi) is 7.81. The Balaban J connectivity index is 1.08. The van der Waals surface area contributed by atoms with Crippen LogP contribution in [0.1, 0.15) is 63.9 Å². The highest BCUT2D eigenvalue weighted by Crippen LogP contribution is 2.30. The number of amides is 2. The van der Waals surface area contributed by atoms with Gasteiger partial charge in [-0.1, -0.05) is 31.6 Å². The van der Waals surface area contributed by atoms with Crippen LogP contribution in [0.2, 0.25) is 0 Å². The van der Waals surface area contributed by atoms with Gasteiger partial charge in [0.25, 0.3) is 11.8 Å². The molecule has 1 aliphatic carbocycles. The van der Waals surface area contributed by atoms with Gasteiger partial charge in [-0.2, -0.15) is 0 Å². The van der Waals surface area contributed by atoms with E-state index in [1.165, 1.54) is 23.3 Å². The number of aromatic nitrogens is 1. The third-order valence-corrected chi connectivity index (χ3v) is 7.63. The summed E-state index contributed by atoms with van der Waals surface area (Å²) >= 11 is 0. The maximum Gasteiger partial charge on any atom is 0.261 e. The zero-order chi connectivity index (χ0) is 24.9. The quantitative estimate of drug-likeness (QED) is 0.340. The third-order valence-electron chi connectivity index (χ3n) is 7.63. The highest BCUT2D eigenvalue weighted by atomic mass is 16.5. The minimum absolute atomic E-state index is 0.0712. The van der Waals surface area contributed by atoms with Crippen molar-refractivity contribution in [2.75, 3.05) is 26.2 Å². The molecular weight excluding hydrogens is 450 g/mol. The highest BCUT2D eigenvalue weighted by Gasteiger charge is 2.36. The largest absolute Gasteiger partial charge is 0.488 e. The van der Waals surface area contributed by atoms with Gasteiger partial charge in [0.1, 0.15) is 17.4 Å². The summed E-state index contributed by atoms with van der Waals surface area (Å²) in [5, 5.41) is 1.15. The van der Waals surface area contributed by atoms with Crippen molar-refractivity contribution in [3.63, 3.8) is 0 Å². The first-order valence-electron chi connectivity index (χ1n) is 13.7. The fourth-order valence-corrected chi connectivity index (χ4v) is 5.56. The summed E-state index contributed by atoms with van der Waals surface area (Å²) in [5.41, 5.74) is 3.61. The average molecular weight is 488 g/mol. The van der Waals surface area contributed by atoms with Gasteiger partial charge < -0.3 is 9.64 Å². The van der Waals surface area contributed by atoms with E-state index in [4.69, 9.17) is 4.74 Å². The van der Waals surface area contributed by atoms with Crippen molar-refractivity contribution in [1.82, 2.24) is 14.8 Å². The number of benzene rings is 1. The number of hydrogen-bond acceptors (Lipinski definition) is 5. The monoisotopic (exact) mass is 487 g/mol. The molecule has 0 bridgehead atoms. The molecule has 1 fully saturated rings. The molecule has 6 heteroatoms. The molecule has 36 heavy (non-hydrogen) atoms. The fraction of sp³-hybridized carbons (Fsp3) is 0.500. The molecule has 190 valence electrons. The molecule has 3 aliphatic rings. The molecule has 2 aliphatic heterocycles. The first-order valence-corrected chi connectivity index (χ1v) is 13.7. The van der Waals surface area contributed by atoms with Crippen molar-refractivity contribution in [2.24, 2.45) is 0 Å². The van der Waals surface area contributed by atoms with Crippen molar-refractivity contribution in [1.29, 1.82) is 0 Å². The predicted molar refractivity (Wildman–Crippen MR) is 142 cm³/mol. The van der Waals surface area contributed by atoms with E-state index in [9.17, 15) is 9.59 Å². The maximum absolute atomic E-state index is 12.6. The second-order valence-corrected chi connectivity index (χ2v) is 10.2. The molecule has 0 N–H and O–H groups in total. The van der Waals surface area contributed by atoms with E-state index in [1.54, 1.807) is 0 Å². The molecule has 0 spiro atoms. The molecule has 0 saturated carbocycles. The molecule has 1 aromatic carbocycles. The standard InChI is InChI=1S/C30H37N3O3/c1-2-3-9-22-20-23-10-8-15-31-28(23)27(21-22)36-24-13-18-32(19-14-24)16-6-7-17-33-29(34)25-11-4-5-12-26(25)30(33)35/h4,8,10-11,15,20-21,24H,2-3,5-7,9,12-14,16-19H2,1H3. The van der Waals surface area contributed by atoms with E-state index in [-0.39, 0.29) is 17.9 Å². The number of imide groups is 1. The number of ether oxygens (including phenoxy) is 1. The SMILES string of the molecule is CCCCc1cc(OC2CCN(CCCCN3C(=O)C4=C(CCC=C4)C3=O)CC2)c2ncccc2c1. The van der Waals surface area contributed by atoms with Crippen molar-refractivity contribution in [3.05, 3.63) is 59.3 Å². The van der Waals surface area contributed by atoms with Crippen LogP contribution in [0.25, 0.3) is 10.9 Å². The molecule has 3 heterocycles. The van der Waals surface area contributed by atoms with Crippen LogP contribution in [0.4, 0.5) is 0 Å². The molecule has 2 aromatic rings. The predicted octanol–water partition coefficient (Wildman–Crippen LogP) is 5.22. The molecule has 1 saturated heterocycles. The van der Waals surface area contributed by atoms with Gasteiger partial charge >= 0.3 is 0 Å². The van der Waals surface area contributed by atoms with E-state index < -0.39 is 0 Å². The molecular formula is C30H37N3O3. The summed E-state index contributed by atoms with van der Waals surface area (Å²) in [6, 6.07) is 8.56. The number of piperidine rings is 1. The van der Waals surface area contributed by atoms with E-state index in [2.05, 4.69) is 35.0 Å². The number of carbonyl (C=O) groups excluding carboxylic acids is 2. The maximum atomic E-state index is 12.6. The van der Waals surface area contributed by atoms with Crippen LogP contribution in [-0.2, 0) is 16.0 Å². The Morgan fingerprint density at radius 2 is 1.89 bits per heavy atom. The molecule has 0 unspecified atom stereocenters. The summed E-state index contributed by atoms with van der Waals surface area (Å²) in [5.74, 6) is 0.742. The van der Waals surface area contributed by atoms with Crippen LogP contribution in [-0.4, -0.2) is 58.9 Å². The van der Waals surface area contributed by atoms with Crippen molar-refractivity contribution in [3.8, 4) is 5.75 Å². The van der Waals surface area contributed by atoms with Crippen LogP contribution in [0.15, 0.2) is 53.8 Å². The second-order valence-electron chi connectivity index (χ2n) is 10.2. The lowest BCUT2D eigenvalue weighted by atomic mass is 10.00. The van der Waals surface area contributed by atoms with Crippen LogP contribution < -0.4 is 4.74 Å². The molecule has 0 radical (unpaired) electrons. The number of allylic oxidation sites excluding steroid dienone is 1. The van der Waals surface area contributed by atoms with Crippen molar-refractivity contribution < 1.29 is 14.3 Å². The Morgan fingerprint density at radius 3 is 2.69 bits per heavy atom. The van der Waals surface area contributed by atoms with Crippen molar-refractivity contribution in [2.45, 2.75) is 70.8 Å². The summed E-state index contributed by atoms with van der Waals surface area (Å²) in [6.45, 7) is 5.75. The highest BCUT2D eigenvalue weighted by molar-refractivity contribution is 6.20. The topological polar surface area (TPSA) is 62.7 Å². The van der Waals surface area contributed by atoms with Crippen LogP contribution >= 0.6 is 0 Å². The van der Waals surface area contributed by atoms with Gasteiger partial charge in [-0.3, -0.25) is 19.5 Å². The molecule has 2 amide bonds. The average Bonchev–Trinajstić information content (AvgIpc) is 3.15. The van der Waals surface area contributed by atoms with Crippen LogP contribution in [0, 0.1) is 0 Å². The smallest absolute Gasteiger partial charge is 0.261 e. The van der Waals surface area contributed by atoms with Gasteiger partial charge in [0.15, 0.2) is 0 Å². The number of pyridine rings is 1. The second kappa shape index (κ2) is 11.4. The van der Waals surface area contributed by atoms with E-state index in [0.29, 0.717) is 24.1 Å². The summed E-state index contributed by atoms with van der Waals surface area (Å²) in [6.07, 6.45) is 14.7. The lowest BCUT2D eigenvalue weighted by Gasteiger charge is -2.32. The summed E-state index contributed by atoms with van der Waals surface area (Å²) in [4.78, 5) is 33.7. The normalized spacial score (nSPS) is 19.0. The molecule has 6 nitrogen and oxygen atoms in total. The number of rotatable bonds is 10.